The molecule has 0 aromatic carbocycles. The van der Waals surface area contributed by atoms with Gasteiger partial charge in [-0.2, -0.15) is 0 Å². The van der Waals surface area contributed by atoms with E-state index < -0.39 is 0 Å². The van der Waals surface area contributed by atoms with Crippen LogP contribution in [0.4, 0.5) is 0 Å². The molecule has 0 rings (SSSR count). The van der Waals surface area contributed by atoms with Crippen LogP contribution in [0.25, 0.3) is 0 Å². The predicted octanol–water partition coefficient (Wildman–Crippen LogP) is 3.24. The largest absolute Gasteiger partial charge is 0.499 e. The average Bonchev–Trinajstić information content (AvgIpc) is 2.23. The number of aliphatic imine (C=N–C) groups is 1. The molecule has 0 heterocycles. The van der Waals surface area contributed by atoms with Gasteiger partial charge in [-0.05, 0) is 13.0 Å². The van der Waals surface area contributed by atoms with Crippen LogP contribution in [0, 0.1) is 0 Å². The lowest BCUT2D eigenvalue weighted by atomic mass is 10.4. The Morgan fingerprint density at radius 3 is 2.81 bits per heavy atom. The summed E-state index contributed by atoms with van der Waals surface area (Å²) in [6.45, 7) is 10.0. The number of halogens is 1. The molecule has 16 heavy (non-hydrogen) atoms. The number of thioether (sulfide) groups is 1. The zero-order valence-corrected chi connectivity index (χ0v) is 11.0. The van der Waals surface area contributed by atoms with Gasteiger partial charge in [-0.25, -0.2) is 4.99 Å². The molecular formula is C11H17ClN2OS. The lowest BCUT2D eigenvalue weighted by Crippen LogP contribution is -1.95. The molecule has 0 aliphatic heterocycles. The van der Waals surface area contributed by atoms with Crippen LogP contribution < -0.4 is 5.73 Å². The van der Waals surface area contributed by atoms with Gasteiger partial charge in [0, 0.05) is 12.2 Å². The molecule has 2 N–H and O–H groups in total. The highest BCUT2D eigenvalue weighted by Gasteiger charge is 1.97. The van der Waals surface area contributed by atoms with Gasteiger partial charge in [-0.3, -0.25) is 0 Å². The van der Waals surface area contributed by atoms with Crippen LogP contribution in [-0.2, 0) is 4.74 Å². The van der Waals surface area contributed by atoms with Crippen molar-refractivity contribution in [2.24, 2.45) is 10.7 Å². The van der Waals surface area contributed by atoms with Crippen LogP contribution in [0.15, 0.2) is 41.3 Å². The Morgan fingerprint density at radius 2 is 2.31 bits per heavy atom. The van der Waals surface area contributed by atoms with Gasteiger partial charge in [0.05, 0.1) is 23.6 Å². The summed E-state index contributed by atoms with van der Waals surface area (Å²) in [6.07, 6.45) is 3.83. The molecule has 0 aromatic rings. The Kier molecular flexibility index (Phi) is 8.85. The third kappa shape index (κ3) is 8.44. The molecule has 3 nitrogen and oxygen atoms in total. The second-order valence-electron chi connectivity index (χ2n) is 2.76. The fourth-order valence-corrected chi connectivity index (χ4v) is 1.65. The zero-order valence-electron chi connectivity index (χ0n) is 9.41. The Bertz CT molecular complexity index is 296. The highest BCUT2D eigenvalue weighted by Crippen LogP contribution is 2.12. The van der Waals surface area contributed by atoms with Gasteiger partial charge in [-0.15, -0.1) is 11.8 Å². The van der Waals surface area contributed by atoms with Crippen molar-refractivity contribution < 1.29 is 4.74 Å². The molecule has 0 aromatic heterocycles. The van der Waals surface area contributed by atoms with Crippen LogP contribution in [0.2, 0.25) is 0 Å². The summed E-state index contributed by atoms with van der Waals surface area (Å²) in [5.41, 5.74) is 5.25. The van der Waals surface area contributed by atoms with Crippen molar-refractivity contribution >= 4 is 28.4 Å². The standard InChI is InChI=1S/C11H17ClN2OS/c1-4-11(14-8-10(12)13)16-7-6-9(3)15-5-2/h4,8H,1,3,5-7,13H2,2H3/b10-8-,14-11+. The molecule has 0 saturated carbocycles. The van der Waals surface area contributed by atoms with E-state index in [-0.39, 0.29) is 5.16 Å². The first-order chi connectivity index (χ1) is 7.60. The zero-order chi connectivity index (χ0) is 12.4. The summed E-state index contributed by atoms with van der Waals surface area (Å²) in [5, 5.41) is 0.923. The van der Waals surface area contributed by atoms with E-state index in [2.05, 4.69) is 18.2 Å². The molecule has 0 spiro atoms. The van der Waals surface area contributed by atoms with Crippen molar-refractivity contribution in [1.82, 2.24) is 0 Å². The molecule has 0 aliphatic rings. The molecular weight excluding hydrogens is 244 g/mol. The smallest absolute Gasteiger partial charge is 0.118 e. The molecule has 0 unspecified atom stereocenters. The van der Waals surface area contributed by atoms with Crippen LogP contribution in [0.1, 0.15) is 13.3 Å². The maximum atomic E-state index is 5.46. The van der Waals surface area contributed by atoms with Crippen LogP contribution in [-0.4, -0.2) is 17.4 Å². The van der Waals surface area contributed by atoms with Crippen molar-refractivity contribution in [3.05, 3.63) is 36.3 Å². The number of ether oxygens (including phenoxy) is 1. The van der Waals surface area contributed by atoms with Crippen molar-refractivity contribution in [3.63, 3.8) is 0 Å². The molecule has 0 radical (unpaired) electrons. The van der Waals surface area contributed by atoms with Gasteiger partial charge in [0.25, 0.3) is 0 Å². The third-order valence-corrected chi connectivity index (χ3v) is 2.54. The molecule has 0 saturated heterocycles. The number of rotatable bonds is 7. The fraction of sp³-hybridized carbons (Fsp3) is 0.364. The Hall–Kier alpha value is -0.870. The molecule has 90 valence electrons. The Labute approximate surface area is 106 Å². The maximum Gasteiger partial charge on any atom is 0.118 e. The van der Waals surface area contributed by atoms with Gasteiger partial charge in [0.2, 0.25) is 0 Å². The van der Waals surface area contributed by atoms with E-state index >= 15 is 0 Å². The molecule has 0 atom stereocenters. The minimum absolute atomic E-state index is 0.152. The Morgan fingerprint density at radius 1 is 1.62 bits per heavy atom. The first-order valence-corrected chi connectivity index (χ1v) is 6.21. The summed E-state index contributed by atoms with van der Waals surface area (Å²) in [6, 6.07) is 0. The van der Waals surface area contributed by atoms with E-state index in [1.165, 1.54) is 6.20 Å². The minimum Gasteiger partial charge on any atom is -0.499 e. The first kappa shape index (κ1) is 15.1. The lowest BCUT2D eigenvalue weighted by molar-refractivity contribution is 0.223. The second kappa shape index (κ2) is 9.36. The third-order valence-electron chi connectivity index (χ3n) is 1.47. The SMILES string of the molecule is C=C/C(=N\C=C(/N)Cl)SCCC(=C)OCC. The van der Waals surface area contributed by atoms with E-state index in [1.54, 1.807) is 17.8 Å². The summed E-state index contributed by atoms with van der Waals surface area (Å²) in [7, 11) is 0. The van der Waals surface area contributed by atoms with E-state index in [1.807, 2.05) is 6.92 Å². The minimum atomic E-state index is 0.152. The monoisotopic (exact) mass is 260 g/mol. The molecule has 5 heteroatoms. The van der Waals surface area contributed by atoms with Crippen molar-refractivity contribution in [3.8, 4) is 0 Å². The summed E-state index contributed by atoms with van der Waals surface area (Å²) in [5.74, 6) is 1.62. The second-order valence-corrected chi connectivity index (χ2v) is 4.31. The number of allylic oxidation sites excluding steroid dienone is 1. The topological polar surface area (TPSA) is 47.6 Å². The lowest BCUT2D eigenvalue weighted by Gasteiger charge is -2.05. The van der Waals surface area contributed by atoms with Crippen molar-refractivity contribution in [1.29, 1.82) is 0 Å². The van der Waals surface area contributed by atoms with Crippen LogP contribution in [0.3, 0.4) is 0 Å². The number of nitrogens with two attached hydrogens (primary N) is 1. The predicted molar refractivity (Wildman–Crippen MR) is 73.6 cm³/mol. The number of hydrogen-bond donors (Lipinski definition) is 1. The summed E-state index contributed by atoms with van der Waals surface area (Å²) in [4.78, 5) is 4.06. The van der Waals surface area contributed by atoms with Gasteiger partial charge in [0.15, 0.2) is 0 Å². The van der Waals surface area contributed by atoms with Crippen molar-refractivity contribution in [2.75, 3.05) is 12.4 Å². The van der Waals surface area contributed by atoms with Crippen LogP contribution >= 0.6 is 23.4 Å². The van der Waals surface area contributed by atoms with Crippen LogP contribution in [0.5, 0.6) is 0 Å². The fourth-order valence-electron chi connectivity index (χ4n) is 0.820. The van der Waals surface area contributed by atoms with Gasteiger partial charge in [0.1, 0.15) is 5.16 Å². The molecule has 0 aliphatic carbocycles. The highest BCUT2D eigenvalue weighted by atomic mass is 35.5. The number of hydrogen-bond acceptors (Lipinski definition) is 4. The molecule has 0 fully saturated rings. The maximum absolute atomic E-state index is 5.46. The van der Waals surface area contributed by atoms with Crippen molar-refractivity contribution in [2.45, 2.75) is 13.3 Å². The van der Waals surface area contributed by atoms with E-state index in [0.29, 0.717) is 6.61 Å². The van der Waals surface area contributed by atoms with Gasteiger partial charge >= 0.3 is 0 Å². The average molecular weight is 261 g/mol. The molecule has 0 bridgehead atoms. The van der Waals surface area contributed by atoms with E-state index in [4.69, 9.17) is 22.1 Å². The van der Waals surface area contributed by atoms with Gasteiger partial charge < -0.3 is 10.5 Å². The Balaban J connectivity index is 3.97. The quantitative estimate of drug-likeness (QED) is 0.331. The highest BCUT2D eigenvalue weighted by molar-refractivity contribution is 8.14. The summed E-state index contributed by atoms with van der Waals surface area (Å²) >= 11 is 7.01. The first-order valence-electron chi connectivity index (χ1n) is 4.84. The normalized spacial score (nSPS) is 12.4. The molecule has 0 amide bonds. The van der Waals surface area contributed by atoms with Gasteiger partial charge in [-0.1, -0.05) is 24.8 Å². The summed E-state index contributed by atoms with van der Waals surface area (Å²) < 4.78 is 5.23. The van der Waals surface area contributed by atoms with E-state index in [0.717, 1.165) is 23.0 Å². The number of nitrogens with zero attached hydrogens (tertiary/aromatic N) is 1. The van der Waals surface area contributed by atoms with E-state index in [9.17, 15) is 0 Å².